The van der Waals surface area contributed by atoms with Crippen molar-refractivity contribution in [1.82, 2.24) is 15.1 Å². The molecule has 6 nitrogen and oxygen atoms in total. The number of rotatable bonds is 6. The fourth-order valence-electron chi connectivity index (χ4n) is 4.39. The SMILES string of the molecule is CC(Cc1ccccc1)C(=O)Nc1nnc(N2CCC(N3CCCCC3)CC2)s1. The number of carbonyl (C=O) groups is 1. The third-order valence-corrected chi connectivity index (χ3v) is 7.02. The molecule has 7 heteroatoms. The van der Waals surface area contributed by atoms with Gasteiger partial charge in [-0.05, 0) is 50.8 Å². The molecule has 1 unspecified atom stereocenters. The van der Waals surface area contributed by atoms with Crippen molar-refractivity contribution in [2.24, 2.45) is 5.92 Å². The summed E-state index contributed by atoms with van der Waals surface area (Å²) in [7, 11) is 0. The third-order valence-electron chi connectivity index (χ3n) is 6.12. The van der Waals surface area contributed by atoms with Crippen LogP contribution in [0.25, 0.3) is 0 Å². The molecule has 0 saturated carbocycles. The summed E-state index contributed by atoms with van der Waals surface area (Å²) in [6.07, 6.45) is 7.19. The molecule has 4 rings (SSSR count). The van der Waals surface area contributed by atoms with E-state index in [4.69, 9.17) is 0 Å². The normalized spacial score (nSPS) is 19.8. The van der Waals surface area contributed by atoms with Gasteiger partial charge in [-0.25, -0.2) is 0 Å². The Kier molecular flexibility index (Phi) is 6.77. The van der Waals surface area contributed by atoms with Crippen LogP contribution in [0, 0.1) is 5.92 Å². The highest BCUT2D eigenvalue weighted by Crippen LogP contribution is 2.29. The maximum Gasteiger partial charge on any atom is 0.229 e. The Balaban J connectivity index is 1.27. The quantitative estimate of drug-likeness (QED) is 0.780. The van der Waals surface area contributed by atoms with E-state index >= 15 is 0 Å². The van der Waals surface area contributed by atoms with Gasteiger partial charge in [0, 0.05) is 25.0 Å². The maximum atomic E-state index is 12.5. The molecule has 2 saturated heterocycles. The van der Waals surface area contributed by atoms with Gasteiger partial charge in [0.1, 0.15) is 0 Å². The van der Waals surface area contributed by atoms with Gasteiger partial charge in [0.15, 0.2) is 0 Å². The summed E-state index contributed by atoms with van der Waals surface area (Å²) in [4.78, 5) is 17.5. The lowest BCUT2D eigenvalue weighted by Crippen LogP contribution is -2.46. The largest absolute Gasteiger partial charge is 0.346 e. The van der Waals surface area contributed by atoms with Crippen LogP contribution in [0.1, 0.15) is 44.6 Å². The van der Waals surface area contributed by atoms with Crippen molar-refractivity contribution in [1.29, 1.82) is 0 Å². The van der Waals surface area contributed by atoms with Crippen molar-refractivity contribution in [2.45, 2.75) is 51.5 Å². The molecular weight excluding hydrogens is 382 g/mol. The number of benzene rings is 1. The number of piperidine rings is 2. The van der Waals surface area contributed by atoms with Crippen LogP contribution in [0.4, 0.5) is 10.3 Å². The predicted molar refractivity (Wildman–Crippen MR) is 119 cm³/mol. The molecule has 2 aliphatic rings. The summed E-state index contributed by atoms with van der Waals surface area (Å²) in [5.41, 5.74) is 1.17. The second kappa shape index (κ2) is 9.67. The number of likely N-dealkylation sites (tertiary alicyclic amines) is 1. The highest BCUT2D eigenvalue weighted by Gasteiger charge is 2.27. The van der Waals surface area contributed by atoms with Crippen molar-refractivity contribution in [2.75, 3.05) is 36.4 Å². The van der Waals surface area contributed by atoms with Gasteiger partial charge < -0.3 is 15.1 Å². The lowest BCUT2D eigenvalue weighted by Gasteiger charge is -2.40. The van der Waals surface area contributed by atoms with E-state index in [0.717, 1.165) is 30.7 Å². The minimum atomic E-state index is -0.106. The maximum absolute atomic E-state index is 12.5. The summed E-state index contributed by atoms with van der Waals surface area (Å²) in [5.74, 6) is -0.106. The van der Waals surface area contributed by atoms with Crippen LogP contribution < -0.4 is 10.2 Å². The molecule has 3 heterocycles. The average Bonchev–Trinajstić information content (AvgIpc) is 3.23. The minimum Gasteiger partial charge on any atom is -0.346 e. The monoisotopic (exact) mass is 413 g/mol. The van der Waals surface area contributed by atoms with Crippen LogP contribution in [0.3, 0.4) is 0 Å². The summed E-state index contributed by atoms with van der Waals surface area (Å²) < 4.78 is 0. The van der Waals surface area contributed by atoms with Crippen molar-refractivity contribution < 1.29 is 4.79 Å². The Morgan fingerprint density at radius 3 is 2.55 bits per heavy atom. The predicted octanol–water partition coefficient (Wildman–Crippen LogP) is 3.81. The molecule has 1 atom stereocenters. The van der Waals surface area contributed by atoms with Gasteiger partial charge in [-0.15, -0.1) is 10.2 Å². The molecule has 1 amide bonds. The molecule has 1 aromatic carbocycles. The van der Waals surface area contributed by atoms with E-state index in [9.17, 15) is 4.79 Å². The Morgan fingerprint density at radius 2 is 1.83 bits per heavy atom. The number of hydrogen-bond donors (Lipinski definition) is 1. The first-order valence-electron chi connectivity index (χ1n) is 10.9. The highest BCUT2D eigenvalue weighted by molar-refractivity contribution is 7.19. The van der Waals surface area contributed by atoms with Gasteiger partial charge in [0.2, 0.25) is 16.2 Å². The van der Waals surface area contributed by atoms with Crippen LogP contribution in [0.5, 0.6) is 0 Å². The fourth-order valence-corrected chi connectivity index (χ4v) is 5.19. The van der Waals surface area contributed by atoms with Gasteiger partial charge >= 0.3 is 0 Å². The second-order valence-corrected chi connectivity index (χ2v) is 9.24. The first-order valence-corrected chi connectivity index (χ1v) is 11.7. The number of aromatic nitrogens is 2. The average molecular weight is 414 g/mol. The van der Waals surface area contributed by atoms with Gasteiger partial charge in [-0.1, -0.05) is 55.0 Å². The van der Waals surface area contributed by atoms with Crippen molar-refractivity contribution >= 4 is 27.5 Å². The molecule has 0 bridgehead atoms. The summed E-state index contributed by atoms with van der Waals surface area (Å²) in [6, 6.07) is 10.8. The summed E-state index contributed by atoms with van der Waals surface area (Å²) in [6.45, 7) is 6.53. The molecule has 2 fully saturated rings. The van der Waals surface area contributed by atoms with E-state index < -0.39 is 0 Å². The number of carbonyl (C=O) groups excluding carboxylic acids is 1. The smallest absolute Gasteiger partial charge is 0.229 e. The molecule has 2 aliphatic heterocycles. The van der Waals surface area contributed by atoms with Crippen LogP contribution in [-0.4, -0.2) is 53.2 Å². The van der Waals surface area contributed by atoms with Gasteiger partial charge in [-0.3, -0.25) is 4.79 Å². The molecular formula is C22H31N5OS. The molecule has 0 aliphatic carbocycles. The van der Waals surface area contributed by atoms with Gasteiger partial charge in [0.25, 0.3) is 0 Å². The zero-order valence-electron chi connectivity index (χ0n) is 17.2. The lowest BCUT2D eigenvalue weighted by atomic mass is 10.0. The molecule has 29 heavy (non-hydrogen) atoms. The number of anilines is 2. The van der Waals surface area contributed by atoms with E-state index in [0.29, 0.717) is 5.13 Å². The first kappa shape index (κ1) is 20.3. The standard InChI is InChI=1S/C22H31N5OS/c1-17(16-18-8-4-2-5-9-18)20(28)23-21-24-25-22(29-21)27-14-10-19(11-15-27)26-12-6-3-7-13-26/h2,4-5,8-9,17,19H,3,6-7,10-16H2,1H3,(H,23,24,28). The van der Waals surface area contributed by atoms with Crippen LogP contribution in [0.15, 0.2) is 30.3 Å². The van der Waals surface area contributed by atoms with E-state index in [1.165, 1.54) is 62.1 Å². The van der Waals surface area contributed by atoms with Gasteiger partial charge in [0.05, 0.1) is 0 Å². The number of nitrogens with one attached hydrogen (secondary N) is 1. The number of nitrogens with zero attached hydrogens (tertiary/aromatic N) is 4. The highest BCUT2D eigenvalue weighted by atomic mass is 32.1. The van der Waals surface area contributed by atoms with Crippen molar-refractivity contribution in [3.63, 3.8) is 0 Å². The van der Waals surface area contributed by atoms with Crippen LogP contribution >= 0.6 is 11.3 Å². The topological polar surface area (TPSA) is 61.4 Å². The molecule has 0 radical (unpaired) electrons. The zero-order valence-corrected chi connectivity index (χ0v) is 18.0. The summed E-state index contributed by atoms with van der Waals surface area (Å²) in [5, 5.41) is 13.0. The Bertz CT molecular complexity index is 782. The molecule has 1 N–H and O–H groups in total. The van der Waals surface area contributed by atoms with Crippen LogP contribution in [-0.2, 0) is 11.2 Å². The Hall–Kier alpha value is -1.99. The van der Waals surface area contributed by atoms with E-state index in [-0.39, 0.29) is 11.8 Å². The van der Waals surface area contributed by atoms with Gasteiger partial charge in [-0.2, -0.15) is 0 Å². The van der Waals surface area contributed by atoms with E-state index in [1.807, 2.05) is 25.1 Å². The zero-order chi connectivity index (χ0) is 20.1. The van der Waals surface area contributed by atoms with Crippen molar-refractivity contribution in [3.05, 3.63) is 35.9 Å². The Labute approximate surface area is 177 Å². The number of hydrogen-bond acceptors (Lipinski definition) is 6. The molecule has 1 aromatic heterocycles. The van der Waals surface area contributed by atoms with E-state index in [2.05, 4.69) is 37.4 Å². The second-order valence-electron chi connectivity index (χ2n) is 8.28. The molecule has 2 aromatic rings. The molecule has 0 spiro atoms. The minimum absolute atomic E-state index is 0.000333. The third kappa shape index (κ3) is 5.34. The Morgan fingerprint density at radius 1 is 1.10 bits per heavy atom. The fraction of sp³-hybridized carbons (Fsp3) is 0.591. The number of amides is 1. The summed E-state index contributed by atoms with van der Waals surface area (Å²) >= 11 is 1.49. The van der Waals surface area contributed by atoms with Crippen molar-refractivity contribution in [3.8, 4) is 0 Å². The molecule has 156 valence electrons. The lowest BCUT2D eigenvalue weighted by molar-refractivity contribution is -0.119. The van der Waals surface area contributed by atoms with E-state index in [1.54, 1.807) is 0 Å². The first-order chi connectivity index (χ1) is 14.2. The van der Waals surface area contributed by atoms with Crippen LogP contribution in [0.2, 0.25) is 0 Å².